The number of anilines is 1. The highest BCUT2D eigenvalue weighted by Crippen LogP contribution is 2.39. The number of aromatic nitrogens is 1. The average molecular weight is 304 g/mol. The van der Waals surface area contributed by atoms with E-state index in [2.05, 4.69) is 11.9 Å². The Bertz CT molecular complexity index is 563. The van der Waals surface area contributed by atoms with Crippen LogP contribution in [0.3, 0.4) is 0 Å². The van der Waals surface area contributed by atoms with Gasteiger partial charge in [-0.05, 0) is 50.2 Å². The molecule has 1 N–H and O–H groups in total. The highest BCUT2D eigenvalue weighted by Gasteiger charge is 2.40. The second-order valence-electron chi connectivity index (χ2n) is 6.78. The first kappa shape index (κ1) is 15.3. The number of rotatable bonds is 5. The lowest BCUT2D eigenvalue weighted by Gasteiger charge is -2.43. The SMILES string of the molecule is CCCOc1cnc2c(c1)CCC(=O)N2C[C@H]1C[C@](C)(O)C1. The molecule has 1 aromatic rings. The normalized spacial score (nSPS) is 27.3. The van der Waals surface area contributed by atoms with E-state index < -0.39 is 5.60 Å². The van der Waals surface area contributed by atoms with Crippen LogP contribution < -0.4 is 9.64 Å². The Hall–Kier alpha value is -1.62. The van der Waals surface area contributed by atoms with Crippen LogP contribution in [0.5, 0.6) is 5.75 Å². The Balaban J connectivity index is 1.74. The van der Waals surface area contributed by atoms with Gasteiger partial charge in [-0.15, -0.1) is 0 Å². The van der Waals surface area contributed by atoms with Gasteiger partial charge in [-0.1, -0.05) is 6.92 Å². The molecular weight excluding hydrogens is 280 g/mol. The minimum absolute atomic E-state index is 0.133. The van der Waals surface area contributed by atoms with Crippen molar-refractivity contribution in [3.05, 3.63) is 17.8 Å². The molecule has 0 spiro atoms. The van der Waals surface area contributed by atoms with Gasteiger partial charge < -0.3 is 9.84 Å². The summed E-state index contributed by atoms with van der Waals surface area (Å²) < 4.78 is 5.63. The molecule has 1 saturated carbocycles. The van der Waals surface area contributed by atoms with Crippen LogP contribution >= 0.6 is 0 Å². The van der Waals surface area contributed by atoms with Gasteiger partial charge in [0.1, 0.15) is 11.6 Å². The van der Waals surface area contributed by atoms with Gasteiger partial charge in [0.15, 0.2) is 0 Å². The molecule has 22 heavy (non-hydrogen) atoms. The highest BCUT2D eigenvalue weighted by atomic mass is 16.5. The van der Waals surface area contributed by atoms with Gasteiger partial charge in [-0.2, -0.15) is 0 Å². The fraction of sp³-hybridized carbons (Fsp3) is 0.647. The largest absolute Gasteiger partial charge is 0.492 e. The number of carbonyl (C=O) groups is 1. The van der Waals surface area contributed by atoms with Crippen LogP contribution in [-0.4, -0.2) is 34.8 Å². The average Bonchev–Trinajstić information content (AvgIpc) is 2.46. The molecule has 5 heteroatoms. The second kappa shape index (κ2) is 5.88. The van der Waals surface area contributed by atoms with E-state index in [0.29, 0.717) is 25.5 Å². The summed E-state index contributed by atoms with van der Waals surface area (Å²) in [5.41, 5.74) is 0.525. The molecule has 0 unspecified atom stereocenters. The van der Waals surface area contributed by atoms with Gasteiger partial charge in [0.25, 0.3) is 0 Å². The zero-order chi connectivity index (χ0) is 15.7. The molecule has 1 aliphatic carbocycles. The Labute approximate surface area is 131 Å². The Morgan fingerprint density at radius 2 is 2.23 bits per heavy atom. The molecule has 1 aliphatic heterocycles. The predicted octanol–water partition coefficient (Wildman–Crippen LogP) is 2.31. The summed E-state index contributed by atoms with van der Waals surface area (Å²) in [4.78, 5) is 18.5. The van der Waals surface area contributed by atoms with E-state index in [1.807, 2.05) is 13.0 Å². The molecule has 0 aromatic carbocycles. The lowest BCUT2D eigenvalue weighted by atomic mass is 9.72. The number of hydrogen-bond acceptors (Lipinski definition) is 4. The number of carbonyl (C=O) groups excluding carboxylic acids is 1. The van der Waals surface area contributed by atoms with Crippen molar-refractivity contribution in [3.63, 3.8) is 0 Å². The van der Waals surface area contributed by atoms with Gasteiger partial charge in [0.05, 0.1) is 18.4 Å². The molecule has 0 radical (unpaired) electrons. The van der Waals surface area contributed by atoms with E-state index in [0.717, 1.165) is 42.8 Å². The molecule has 0 saturated heterocycles. The lowest BCUT2D eigenvalue weighted by molar-refractivity contribution is -0.120. The van der Waals surface area contributed by atoms with Crippen molar-refractivity contribution in [2.24, 2.45) is 5.92 Å². The van der Waals surface area contributed by atoms with Gasteiger partial charge in [-0.3, -0.25) is 9.69 Å². The van der Waals surface area contributed by atoms with Crippen molar-refractivity contribution in [3.8, 4) is 5.75 Å². The quantitative estimate of drug-likeness (QED) is 0.906. The summed E-state index contributed by atoms with van der Waals surface area (Å²) in [6, 6.07) is 2.01. The Kier molecular flexibility index (Phi) is 4.08. The van der Waals surface area contributed by atoms with Gasteiger partial charge in [-0.25, -0.2) is 4.98 Å². The number of nitrogens with zero attached hydrogens (tertiary/aromatic N) is 2. The molecule has 2 heterocycles. The Morgan fingerprint density at radius 1 is 1.45 bits per heavy atom. The molecule has 1 amide bonds. The molecule has 120 valence electrons. The maximum atomic E-state index is 12.2. The zero-order valence-electron chi connectivity index (χ0n) is 13.3. The highest BCUT2D eigenvalue weighted by molar-refractivity contribution is 5.95. The summed E-state index contributed by atoms with van der Waals surface area (Å²) in [7, 11) is 0. The van der Waals surface area contributed by atoms with Gasteiger partial charge in [0.2, 0.25) is 5.91 Å². The van der Waals surface area contributed by atoms with Crippen LogP contribution in [0.25, 0.3) is 0 Å². The van der Waals surface area contributed by atoms with Crippen molar-refractivity contribution >= 4 is 11.7 Å². The summed E-state index contributed by atoms with van der Waals surface area (Å²) in [6.07, 6.45) is 5.42. The number of amides is 1. The molecule has 3 rings (SSSR count). The molecule has 5 nitrogen and oxygen atoms in total. The van der Waals surface area contributed by atoms with Crippen molar-refractivity contribution in [2.45, 2.75) is 51.6 Å². The minimum Gasteiger partial charge on any atom is -0.492 e. The monoisotopic (exact) mass is 304 g/mol. The molecule has 0 bridgehead atoms. The van der Waals surface area contributed by atoms with Crippen LogP contribution in [0.15, 0.2) is 12.3 Å². The van der Waals surface area contributed by atoms with E-state index in [-0.39, 0.29) is 5.91 Å². The molecule has 1 fully saturated rings. The molecule has 1 aromatic heterocycles. The van der Waals surface area contributed by atoms with Gasteiger partial charge >= 0.3 is 0 Å². The number of aryl methyl sites for hydroxylation is 1. The van der Waals surface area contributed by atoms with Crippen LogP contribution in [0.1, 0.15) is 45.1 Å². The number of hydrogen-bond donors (Lipinski definition) is 1. The molecular formula is C17H24N2O3. The maximum absolute atomic E-state index is 12.2. The number of pyridine rings is 1. The van der Waals surface area contributed by atoms with Crippen LogP contribution in [-0.2, 0) is 11.2 Å². The minimum atomic E-state index is -0.558. The summed E-state index contributed by atoms with van der Waals surface area (Å²) in [5.74, 6) is 2.05. The third kappa shape index (κ3) is 3.09. The summed E-state index contributed by atoms with van der Waals surface area (Å²) >= 11 is 0. The standard InChI is InChI=1S/C17H24N2O3/c1-3-6-22-14-7-13-4-5-15(20)19(16(13)18-10-14)11-12-8-17(2,21)9-12/h7,10,12,21H,3-6,8-9,11H2,1-2H3/t12-,17-. The number of aliphatic hydroxyl groups is 1. The van der Waals surface area contributed by atoms with E-state index in [1.54, 1.807) is 11.1 Å². The van der Waals surface area contributed by atoms with Gasteiger partial charge in [0, 0.05) is 13.0 Å². The Morgan fingerprint density at radius 3 is 2.91 bits per heavy atom. The van der Waals surface area contributed by atoms with Crippen LogP contribution in [0.2, 0.25) is 0 Å². The molecule has 0 atom stereocenters. The topological polar surface area (TPSA) is 62.7 Å². The number of fused-ring (bicyclic) bond motifs is 1. The van der Waals surface area contributed by atoms with E-state index in [9.17, 15) is 9.90 Å². The van der Waals surface area contributed by atoms with Crippen molar-refractivity contribution in [1.82, 2.24) is 4.98 Å². The number of ether oxygens (including phenoxy) is 1. The van der Waals surface area contributed by atoms with E-state index in [1.165, 1.54) is 0 Å². The van der Waals surface area contributed by atoms with E-state index in [4.69, 9.17) is 4.74 Å². The van der Waals surface area contributed by atoms with Crippen LogP contribution in [0.4, 0.5) is 5.82 Å². The third-order valence-electron chi connectivity index (χ3n) is 4.45. The fourth-order valence-corrected chi connectivity index (χ4v) is 3.46. The predicted molar refractivity (Wildman–Crippen MR) is 84.0 cm³/mol. The zero-order valence-corrected chi connectivity index (χ0v) is 13.3. The van der Waals surface area contributed by atoms with E-state index >= 15 is 0 Å². The van der Waals surface area contributed by atoms with Crippen LogP contribution in [0, 0.1) is 5.92 Å². The second-order valence-corrected chi connectivity index (χ2v) is 6.78. The van der Waals surface area contributed by atoms with Crippen molar-refractivity contribution in [1.29, 1.82) is 0 Å². The molecule has 2 aliphatic rings. The van der Waals surface area contributed by atoms with Crippen molar-refractivity contribution < 1.29 is 14.6 Å². The van der Waals surface area contributed by atoms with Crippen molar-refractivity contribution in [2.75, 3.05) is 18.1 Å². The first-order chi connectivity index (χ1) is 10.5. The maximum Gasteiger partial charge on any atom is 0.228 e. The summed E-state index contributed by atoms with van der Waals surface area (Å²) in [6.45, 7) is 5.26. The lowest BCUT2D eigenvalue weighted by Crippen LogP contribution is -2.48. The fourth-order valence-electron chi connectivity index (χ4n) is 3.46. The third-order valence-corrected chi connectivity index (χ3v) is 4.45. The first-order valence-corrected chi connectivity index (χ1v) is 8.13. The first-order valence-electron chi connectivity index (χ1n) is 8.13. The smallest absolute Gasteiger partial charge is 0.228 e. The summed E-state index contributed by atoms with van der Waals surface area (Å²) in [5, 5.41) is 9.86.